The van der Waals surface area contributed by atoms with E-state index < -0.39 is 51.5 Å². The zero-order chi connectivity index (χ0) is 21.3. The molecule has 0 fully saturated rings. The molecule has 0 heterocycles. The summed E-state index contributed by atoms with van der Waals surface area (Å²) in [5.41, 5.74) is -0.900. The van der Waals surface area contributed by atoms with E-state index in [1.807, 2.05) is 38.1 Å². The Balaban J connectivity index is 1.88. The van der Waals surface area contributed by atoms with Gasteiger partial charge in [0.05, 0.1) is 16.7 Å². The molecule has 0 atom stereocenters. The van der Waals surface area contributed by atoms with Crippen LogP contribution in [0.15, 0.2) is 42.0 Å². The molecule has 3 nitrogen and oxygen atoms in total. The second-order valence-corrected chi connectivity index (χ2v) is 6.37. The number of ketones is 2. The maximum absolute atomic E-state index is 13.9. The van der Waals surface area contributed by atoms with Gasteiger partial charge in [0.15, 0.2) is 23.3 Å². The van der Waals surface area contributed by atoms with E-state index in [0.717, 1.165) is 30.4 Å². The molecular formula is C22H17F4NO2. The molecule has 2 aromatic rings. The van der Waals surface area contributed by atoms with Gasteiger partial charge < -0.3 is 4.90 Å². The second-order valence-electron chi connectivity index (χ2n) is 6.37. The monoisotopic (exact) mass is 403 g/mol. The van der Waals surface area contributed by atoms with Crippen molar-refractivity contribution in [3.8, 4) is 0 Å². The number of Topliss-reactive ketones (excluding diaryl/α,β-unsaturated/α-hetero) is 2. The highest BCUT2D eigenvalue weighted by atomic mass is 19.2. The number of carbonyl (C=O) groups excluding carboxylic acids is 2. The molecule has 0 aliphatic heterocycles. The summed E-state index contributed by atoms with van der Waals surface area (Å²) in [6, 6.07) is 7.50. The van der Waals surface area contributed by atoms with Crippen LogP contribution in [0.4, 0.5) is 23.2 Å². The largest absolute Gasteiger partial charge is 0.372 e. The topological polar surface area (TPSA) is 37.4 Å². The molecule has 150 valence electrons. The Kier molecular flexibility index (Phi) is 5.68. The molecule has 0 N–H and O–H groups in total. The van der Waals surface area contributed by atoms with Crippen LogP contribution >= 0.6 is 0 Å². The summed E-state index contributed by atoms with van der Waals surface area (Å²) in [4.78, 5) is 26.7. The van der Waals surface area contributed by atoms with Crippen LogP contribution in [0, 0.1) is 23.3 Å². The number of fused-ring (bicyclic) bond motifs is 1. The van der Waals surface area contributed by atoms with Crippen LogP contribution in [0.3, 0.4) is 0 Å². The molecule has 3 rings (SSSR count). The molecular weight excluding hydrogens is 386 g/mol. The van der Waals surface area contributed by atoms with E-state index >= 15 is 0 Å². The molecule has 0 bridgehead atoms. The predicted molar refractivity (Wildman–Crippen MR) is 102 cm³/mol. The van der Waals surface area contributed by atoms with Gasteiger partial charge in [-0.15, -0.1) is 0 Å². The van der Waals surface area contributed by atoms with E-state index in [1.165, 1.54) is 6.08 Å². The highest BCUT2D eigenvalue weighted by Crippen LogP contribution is 2.33. The highest BCUT2D eigenvalue weighted by Gasteiger charge is 2.41. The first-order chi connectivity index (χ1) is 13.8. The Bertz CT molecular complexity index is 1000. The average molecular weight is 403 g/mol. The Morgan fingerprint density at radius 2 is 1.28 bits per heavy atom. The Labute approximate surface area is 164 Å². The van der Waals surface area contributed by atoms with E-state index in [2.05, 4.69) is 4.90 Å². The first-order valence-corrected chi connectivity index (χ1v) is 9.00. The molecule has 0 spiro atoms. The molecule has 1 aliphatic carbocycles. The van der Waals surface area contributed by atoms with Gasteiger partial charge in [-0.25, -0.2) is 17.6 Å². The van der Waals surface area contributed by atoms with Crippen molar-refractivity contribution in [2.24, 2.45) is 0 Å². The maximum atomic E-state index is 13.9. The van der Waals surface area contributed by atoms with Gasteiger partial charge in [-0.2, -0.15) is 0 Å². The van der Waals surface area contributed by atoms with Crippen molar-refractivity contribution in [3.63, 3.8) is 0 Å². The SMILES string of the molecule is CCN(CC)c1ccc(/C=C/C=C2C(=O)c3c(F)c(F)c(F)c(F)c3C2=O)cc1. The third-order valence-corrected chi connectivity index (χ3v) is 4.78. The fraction of sp³-hybridized carbons (Fsp3) is 0.182. The Morgan fingerprint density at radius 1 is 0.793 bits per heavy atom. The summed E-state index contributed by atoms with van der Waals surface area (Å²) >= 11 is 0. The average Bonchev–Trinajstić information content (AvgIpc) is 2.97. The van der Waals surface area contributed by atoms with Crippen molar-refractivity contribution < 1.29 is 27.2 Å². The standard InChI is InChI=1S/C22H17F4NO2/c1-3-27(4-2)13-10-8-12(9-11-13)6-5-7-14-21(28)15-16(22(14)29)18(24)20(26)19(25)17(15)23/h5-11H,3-4H2,1-2H3/b6-5+. The van der Waals surface area contributed by atoms with Crippen LogP contribution in [0.25, 0.3) is 6.08 Å². The van der Waals surface area contributed by atoms with Gasteiger partial charge in [-0.3, -0.25) is 9.59 Å². The van der Waals surface area contributed by atoms with Crippen LogP contribution < -0.4 is 4.90 Å². The number of allylic oxidation sites excluding steroid dienone is 3. The minimum absolute atomic E-state index is 0.557. The smallest absolute Gasteiger partial charge is 0.200 e. The van der Waals surface area contributed by atoms with Gasteiger partial charge in [-0.05, 0) is 37.6 Å². The molecule has 0 saturated carbocycles. The van der Waals surface area contributed by atoms with Gasteiger partial charge in [-0.1, -0.05) is 24.3 Å². The number of anilines is 1. The van der Waals surface area contributed by atoms with E-state index in [-0.39, 0.29) is 0 Å². The summed E-state index contributed by atoms with van der Waals surface area (Å²) in [6.07, 6.45) is 4.04. The quantitative estimate of drug-likeness (QED) is 0.229. The van der Waals surface area contributed by atoms with Crippen LogP contribution in [0.5, 0.6) is 0 Å². The highest BCUT2D eigenvalue weighted by molar-refractivity contribution is 6.39. The lowest BCUT2D eigenvalue weighted by Gasteiger charge is -2.20. The fourth-order valence-corrected chi connectivity index (χ4v) is 3.22. The van der Waals surface area contributed by atoms with Crippen molar-refractivity contribution in [2.75, 3.05) is 18.0 Å². The molecule has 0 aromatic heterocycles. The maximum Gasteiger partial charge on any atom is 0.200 e. The lowest BCUT2D eigenvalue weighted by Crippen LogP contribution is -2.21. The molecule has 0 amide bonds. The first kappa shape index (κ1) is 20.5. The molecule has 0 radical (unpaired) electrons. The number of benzene rings is 2. The third kappa shape index (κ3) is 3.48. The first-order valence-electron chi connectivity index (χ1n) is 9.00. The van der Waals surface area contributed by atoms with Crippen LogP contribution in [-0.2, 0) is 0 Å². The lowest BCUT2D eigenvalue weighted by atomic mass is 10.1. The summed E-state index contributed by atoms with van der Waals surface area (Å²) in [7, 11) is 0. The second kappa shape index (κ2) is 8.03. The van der Waals surface area contributed by atoms with E-state index in [4.69, 9.17) is 0 Å². The molecule has 7 heteroatoms. The lowest BCUT2D eigenvalue weighted by molar-refractivity contribution is 0.0986. The predicted octanol–water partition coefficient (Wildman–Crippen LogP) is 5.11. The third-order valence-electron chi connectivity index (χ3n) is 4.78. The van der Waals surface area contributed by atoms with Crippen molar-refractivity contribution in [3.05, 3.63) is 81.9 Å². The van der Waals surface area contributed by atoms with E-state index in [1.54, 1.807) is 6.08 Å². The van der Waals surface area contributed by atoms with Gasteiger partial charge in [0.2, 0.25) is 11.6 Å². The van der Waals surface area contributed by atoms with Gasteiger partial charge in [0.25, 0.3) is 0 Å². The summed E-state index contributed by atoms with van der Waals surface area (Å²) < 4.78 is 54.6. The van der Waals surface area contributed by atoms with Crippen molar-refractivity contribution in [1.82, 2.24) is 0 Å². The van der Waals surface area contributed by atoms with Gasteiger partial charge in [0.1, 0.15) is 0 Å². The number of hydrogen-bond acceptors (Lipinski definition) is 3. The number of hydrogen-bond donors (Lipinski definition) is 0. The zero-order valence-electron chi connectivity index (χ0n) is 15.7. The summed E-state index contributed by atoms with van der Waals surface area (Å²) in [5, 5.41) is 0. The minimum Gasteiger partial charge on any atom is -0.372 e. The summed E-state index contributed by atoms with van der Waals surface area (Å²) in [6.45, 7) is 5.80. The zero-order valence-corrected chi connectivity index (χ0v) is 15.7. The number of halogens is 4. The molecule has 0 saturated heterocycles. The fourth-order valence-electron chi connectivity index (χ4n) is 3.22. The summed E-state index contributed by atoms with van der Waals surface area (Å²) in [5.74, 6) is -10.3. The van der Waals surface area contributed by atoms with Crippen molar-refractivity contribution in [2.45, 2.75) is 13.8 Å². The van der Waals surface area contributed by atoms with Crippen molar-refractivity contribution in [1.29, 1.82) is 0 Å². The normalized spacial score (nSPS) is 13.4. The molecule has 1 aliphatic rings. The Hall–Kier alpha value is -3.22. The number of nitrogens with zero attached hydrogens (tertiary/aromatic N) is 1. The van der Waals surface area contributed by atoms with E-state index in [0.29, 0.717) is 0 Å². The van der Waals surface area contributed by atoms with Gasteiger partial charge >= 0.3 is 0 Å². The van der Waals surface area contributed by atoms with Crippen LogP contribution in [-0.4, -0.2) is 24.7 Å². The number of rotatable bonds is 5. The minimum atomic E-state index is -2.12. The van der Waals surface area contributed by atoms with Crippen LogP contribution in [0.1, 0.15) is 40.1 Å². The van der Waals surface area contributed by atoms with Gasteiger partial charge in [0, 0.05) is 18.8 Å². The van der Waals surface area contributed by atoms with Crippen LogP contribution in [0.2, 0.25) is 0 Å². The number of carbonyl (C=O) groups is 2. The molecule has 2 aromatic carbocycles. The molecule has 29 heavy (non-hydrogen) atoms. The van der Waals surface area contributed by atoms with Crippen molar-refractivity contribution >= 4 is 23.3 Å². The Morgan fingerprint density at radius 3 is 1.72 bits per heavy atom. The molecule has 0 unspecified atom stereocenters. The van der Waals surface area contributed by atoms with E-state index in [9.17, 15) is 27.2 Å².